The van der Waals surface area contributed by atoms with Crippen molar-refractivity contribution in [2.75, 3.05) is 0 Å². The van der Waals surface area contributed by atoms with Crippen LogP contribution in [-0.4, -0.2) is 16.1 Å². The molecule has 0 aliphatic heterocycles. The minimum atomic E-state index is -0.990. The van der Waals surface area contributed by atoms with E-state index in [2.05, 4.69) is 4.98 Å². The lowest BCUT2D eigenvalue weighted by Crippen LogP contribution is -2.07. The Bertz CT molecular complexity index is 638. The number of carboxylic acid groups (broad SMARTS) is 1. The van der Waals surface area contributed by atoms with Crippen LogP contribution in [-0.2, 0) is 19.4 Å². The molecule has 1 heterocycles. The topological polar surface area (TPSA) is 59.4 Å². The second-order valence-corrected chi connectivity index (χ2v) is 4.88. The Labute approximate surface area is 117 Å². The molecule has 1 aromatic carbocycles. The van der Waals surface area contributed by atoms with Crippen LogP contribution in [0.2, 0.25) is 0 Å². The predicted octanol–water partition coefficient (Wildman–Crippen LogP) is 2.85. The van der Waals surface area contributed by atoms with Gasteiger partial charge < -0.3 is 9.84 Å². The Kier molecular flexibility index (Phi) is 3.37. The Morgan fingerprint density at radius 2 is 2.05 bits per heavy atom. The molecule has 4 nitrogen and oxygen atoms in total. The molecule has 20 heavy (non-hydrogen) atoms. The molecule has 1 N–H and O–H groups in total. The fourth-order valence-corrected chi connectivity index (χ4v) is 2.44. The Hall–Kier alpha value is -2.36. The average molecular weight is 269 g/mol. The van der Waals surface area contributed by atoms with Crippen molar-refractivity contribution in [3.63, 3.8) is 0 Å². The Morgan fingerprint density at radius 3 is 2.80 bits per heavy atom. The summed E-state index contributed by atoms with van der Waals surface area (Å²) in [6, 6.07) is 11.4. The van der Waals surface area contributed by atoms with E-state index in [0.29, 0.717) is 6.61 Å². The van der Waals surface area contributed by atoms with Crippen molar-refractivity contribution in [3.8, 4) is 5.88 Å². The lowest BCUT2D eigenvalue weighted by molar-refractivity contribution is 0.0690. The first-order valence-electron chi connectivity index (χ1n) is 6.67. The van der Waals surface area contributed by atoms with Gasteiger partial charge in [-0.2, -0.15) is 0 Å². The summed E-state index contributed by atoms with van der Waals surface area (Å²) in [5.41, 5.74) is 3.15. The van der Waals surface area contributed by atoms with E-state index in [9.17, 15) is 9.90 Å². The van der Waals surface area contributed by atoms with Gasteiger partial charge in [-0.25, -0.2) is 9.78 Å². The van der Waals surface area contributed by atoms with Crippen LogP contribution < -0.4 is 4.74 Å². The fourth-order valence-electron chi connectivity index (χ4n) is 2.44. The minimum absolute atomic E-state index is 0.154. The van der Waals surface area contributed by atoms with E-state index in [1.165, 1.54) is 0 Å². The smallest absolute Gasteiger partial charge is 0.341 e. The molecule has 0 fully saturated rings. The molecule has 0 amide bonds. The van der Waals surface area contributed by atoms with Crippen molar-refractivity contribution in [1.82, 2.24) is 4.98 Å². The third kappa shape index (κ3) is 2.50. The molecule has 2 aromatic rings. The van der Waals surface area contributed by atoms with Crippen molar-refractivity contribution >= 4 is 5.97 Å². The largest absolute Gasteiger partial charge is 0.477 e. The number of aryl methyl sites for hydroxylation is 2. The molecule has 1 aromatic heterocycles. The van der Waals surface area contributed by atoms with Crippen LogP contribution in [0.15, 0.2) is 36.4 Å². The van der Waals surface area contributed by atoms with Crippen LogP contribution in [0.1, 0.15) is 33.6 Å². The third-order valence-corrected chi connectivity index (χ3v) is 3.46. The van der Waals surface area contributed by atoms with Gasteiger partial charge in [0.25, 0.3) is 0 Å². The zero-order chi connectivity index (χ0) is 13.9. The molecule has 3 rings (SSSR count). The number of hydrogen-bond donors (Lipinski definition) is 1. The first kappa shape index (κ1) is 12.7. The molecule has 0 radical (unpaired) electrons. The van der Waals surface area contributed by atoms with Crippen LogP contribution in [0.3, 0.4) is 0 Å². The second-order valence-electron chi connectivity index (χ2n) is 4.88. The van der Waals surface area contributed by atoms with Crippen molar-refractivity contribution in [3.05, 3.63) is 58.8 Å². The summed E-state index contributed by atoms with van der Waals surface area (Å²) >= 11 is 0. The van der Waals surface area contributed by atoms with Crippen LogP contribution in [0.5, 0.6) is 5.88 Å². The monoisotopic (exact) mass is 269 g/mol. The second kappa shape index (κ2) is 5.33. The van der Waals surface area contributed by atoms with Gasteiger partial charge in [0, 0.05) is 5.69 Å². The molecule has 4 heteroatoms. The number of carboxylic acids is 1. The first-order chi connectivity index (χ1) is 9.74. The van der Waals surface area contributed by atoms with Gasteiger partial charge in [-0.3, -0.25) is 0 Å². The molecule has 0 bridgehead atoms. The maximum atomic E-state index is 11.3. The van der Waals surface area contributed by atoms with Gasteiger partial charge in [0.05, 0.1) is 0 Å². The predicted molar refractivity (Wildman–Crippen MR) is 74.0 cm³/mol. The Balaban J connectivity index is 1.86. The van der Waals surface area contributed by atoms with Crippen molar-refractivity contribution in [2.45, 2.75) is 25.9 Å². The number of nitrogens with zero attached hydrogens (tertiary/aromatic N) is 1. The standard InChI is InChI=1S/C16H15NO3/c18-16(19)13-9-12-7-4-8-14(12)17-15(13)20-10-11-5-2-1-3-6-11/h1-3,5-6,9H,4,7-8,10H2,(H,18,19). The summed E-state index contributed by atoms with van der Waals surface area (Å²) in [4.78, 5) is 15.7. The molecule has 102 valence electrons. The van der Waals surface area contributed by atoms with Crippen LogP contribution in [0, 0.1) is 0 Å². The van der Waals surface area contributed by atoms with E-state index < -0.39 is 5.97 Å². The van der Waals surface area contributed by atoms with Crippen LogP contribution >= 0.6 is 0 Å². The van der Waals surface area contributed by atoms with Gasteiger partial charge in [-0.05, 0) is 36.5 Å². The van der Waals surface area contributed by atoms with Crippen molar-refractivity contribution < 1.29 is 14.6 Å². The van der Waals surface area contributed by atoms with Crippen molar-refractivity contribution in [2.24, 2.45) is 0 Å². The Morgan fingerprint density at radius 1 is 1.25 bits per heavy atom. The van der Waals surface area contributed by atoms with Gasteiger partial charge in [0.15, 0.2) is 0 Å². The van der Waals surface area contributed by atoms with E-state index in [0.717, 1.165) is 36.1 Å². The summed E-state index contributed by atoms with van der Waals surface area (Å²) in [5.74, 6) is -0.766. The van der Waals surface area contributed by atoms with E-state index in [-0.39, 0.29) is 11.4 Å². The third-order valence-electron chi connectivity index (χ3n) is 3.46. The lowest BCUT2D eigenvalue weighted by atomic mass is 10.1. The molecule has 0 spiro atoms. The summed E-state index contributed by atoms with van der Waals surface area (Å²) in [5, 5.41) is 9.27. The zero-order valence-corrected chi connectivity index (χ0v) is 11.0. The molecule has 0 unspecified atom stereocenters. The average Bonchev–Trinajstić information content (AvgIpc) is 2.92. The van der Waals surface area contributed by atoms with Crippen LogP contribution in [0.25, 0.3) is 0 Å². The van der Waals surface area contributed by atoms with Gasteiger partial charge >= 0.3 is 5.97 Å². The van der Waals surface area contributed by atoms with Gasteiger partial charge in [-0.1, -0.05) is 30.3 Å². The van der Waals surface area contributed by atoms with Crippen molar-refractivity contribution in [1.29, 1.82) is 0 Å². The molecular weight excluding hydrogens is 254 g/mol. The molecule has 0 saturated carbocycles. The quantitative estimate of drug-likeness (QED) is 0.927. The number of ether oxygens (including phenoxy) is 1. The van der Waals surface area contributed by atoms with E-state index >= 15 is 0 Å². The summed E-state index contributed by atoms with van der Waals surface area (Å²) in [6.07, 6.45) is 2.84. The highest BCUT2D eigenvalue weighted by atomic mass is 16.5. The normalized spacial score (nSPS) is 13.0. The van der Waals surface area contributed by atoms with E-state index in [1.807, 2.05) is 30.3 Å². The molecule has 1 aliphatic carbocycles. The fraction of sp³-hybridized carbons (Fsp3) is 0.250. The number of hydrogen-bond acceptors (Lipinski definition) is 3. The van der Waals surface area contributed by atoms with Gasteiger partial charge in [0.2, 0.25) is 5.88 Å². The number of pyridine rings is 1. The zero-order valence-electron chi connectivity index (χ0n) is 11.0. The SMILES string of the molecule is O=C(O)c1cc2c(nc1OCc1ccccc1)CCC2. The number of aromatic nitrogens is 1. The number of fused-ring (bicyclic) bond motifs is 1. The number of carbonyl (C=O) groups is 1. The minimum Gasteiger partial charge on any atom is -0.477 e. The number of aromatic carboxylic acids is 1. The first-order valence-corrected chi connectivity index (χ1v) is 6.67. The summed E-state index contributed by atoms with van der Waals surface area (Å²) < 4.78 is 5.62. The van der Waals surface area contributed by atoms with E-state index in [4.69, 9.17) is 4.74 Å². The summed E-state index contributed by atoms with van der Waals surface area (Å²) in [6.45, 7) is 0.326. The summed E-state index contributed by atoms with van der Waals surface area (Å²) in [7, 11) is 0. The molecule has 0 atom stereocenters. The van der Waals surface area contributed by atoms with E-state index in [1.54, 1.807) is 6.07 Å². The number of benzene rings is 1. The highest BCUT2D eigenvalue weighted by Crippen LogP contribution is 2.27. The highest BCUT2D eigenvalue weighted by molar-refractivity contribution is 5.90. The molecule has 1 aliphatic rings. The van der Waals surface area contributed by atoms with Gasteiger partial charge in [0.1, 0.15) is 12.2 Å². The lowest BCUT2D eigenvalue weighted by Gasteiger charge is -2.10. The van der Waals surface area contributed by atoms with Crippen LogP contribution in [0.4, 0.5) is 0 Å². The number of rotatable bonds is 4. The molecular formula is C16H15NO3. The maximum Gasteiger partial charge on any atom is 0.341 e. The highest BCUT2D eigenvalue weighted by Gasteiger charge is 2.20. The maximum absolute atomic E-state index is 11.3. The molecule has 0 saturated heterocycles. The van der Waals surface area contributed by atoms with Gasteiger partial charge in [-0.15, -0.1) is 0 Å².